The number of nitrogens with zero attached hydrogens (tertiary/aromatic N) is 2. The predicted octanol–water partition coefficient (Wildman–Crippen LogP) is 0.756. The van der Waals surface area contributed by atoms with Crippen molar-refractivity contribution < 1.29 is 22.5 Å². The lowest BCUT2D eigenvalue weighted by atomic mass is 10.2. The van der Waals surface area contributed by atoms with Crippen LogP contribution in [0.25, 0.3) is 0 Å². The minimum atomic E-state index is -4.24. The Kier molecular flexibility index (Phi) is 3.34. The van der Waals surface area contributed by atoms with E-state index in [2.05, 4.69) is 5.32 Å². The predicted molar refractivity (Wildman–Crippen MR) is 65.1 cm³/mol. The molecule has 1 N–H and O–H groups in total. The SMILES string of the molecule is Cc1cc(F)c([N+](=O)[O-])cc1S(=O)(=O)N1CCNC1=O. The molecule has 1 heterocycles. The van der Waals surface area contributed by atoms with Crippen LogP contribution in [0.15, 0.2) is 17.0 Å². The molecule has 0 spiro atoms. The molecule has 2 rings (SSSR count). The zero-order valence-electron chi connectivity index (χ0n) is 10.3. The summed E-state index contributed by atoms with van der Waals surface area (Å²) >= 11 is 0. The highest BCUT2D eigenvalue weighted by atomic mass is 32.2. The van der Waals surface area contributed by atoms with Gasteiger partial charge in [-0.15, -0.1) is 0 Å². The minimum absolute atomic E-state index is 0.00667. The van der Waals surface area contributed by atoms with Gasteiger partial charge in [-0.05, 0) is 18.6 Å². The molecule has 0 radical (unpaired) electrons. The highest BCUT2D eigenvalue weighted by molar-refractivity contribution is 7.89. The molecule has 0 aliphatic carbocycles. The lowest BCUT2D eigenvalue weighted by molar-refractivity contribution is -0.387. The van der Waals surface area contributed by atoms with Crippen molar-refractivity contribution in [1.82, 2.24) is 9.62 Å². The van der Waals surface area contributed by atoms with E-state index >= 15 is 0 Å². The number of hydrogen-bond donors (Lipinski definition) is 1. The van der Waals surface area contributed by atoms with Crippen molar-refractivity contribution >= 4 is 21.7 Å². The van der Waals surface area contributed by atoms with Crippen molar-refractivity contribution in [3.8, 4) is 0 Å². The average Bonchev–Trinajstić information content (AvgIpc) is 2.75. The number of nitro groups is 1. The number of nitrogens with one attached hydrogen (secondary N) is 1. The number of aryl methyl sites for hydroxylation is 1. The Balaban J connectivity index is 2.60. The van der Waals surface area contributed by atoms with Crippen molar-refractivity contribution in [2.45, 2.75) is 11.8 Å². The van der Waals surface area contributed by atoms with Crippen LogP contribution in [0, 0.1) is 22.9 Å². The van der Waals surface area contributed by atoms with Gasteiger partial charge in [0.1, 0.15) is 0 Å². The zero-order chi connectivity index (χ0) is 15.1. The van der Waals surface area contributed by atoms with Crippen LogP contribution in [0.4, 0.5) is 14.9 Å². The maximum atomic E-state index is 13.4. The van der Waals surface area contributed by atoms with Gasteiger partial charge in [-0.1, -0.05) is 0 Å². The molecule has 1 aliphatic rings. The molecule has 0 bridgehead atoms. The zero-order valence-corrected chi connectivity index (χ0v) is 11.1. The first-order valence-electron chi connectivity index (χ1n) is 5.50. The molecular formula is C10H10FN3O5S. The normalized spacial score (nSPS) is 15.3. The Morgan fingerprint density at radius 3 is 2.60 bits per heavy atom. The van der Waals surface area contributed by atoms with Crippen LogP contribution in [0.1, 0.15) is 5.56 Å². The third-order valence-electron chi connectivity index (χ3n) is 2.83. The molecule has 1 aromatic carbocycles. The number of sulfonamides is 1. The molecule has 0 saturated carbocycles. The van der Waals surface area contributed by atoms with Crippen LogP contribution in [0.5, 0.6) is 0 Å². The second-order valence-corrected chi connectivity index (χ2v) is 5.97. The van der Waals surface area contributed by atoms with E-state index in [9.17, 15) is 27.7 Å². The maximum absolute atomic E-state index is 13.4. The number of halogens is 1. The summed E-state index contributed by atoms with van der Waals surface area (Å²) in [5, 5.41) is 13.0. The third kappa shape index (κ3) is 2.18. The monoisotopic (exact) mass is 303 g/mol. The Labute approximate surface area is 113 Å². The van der Waals surface area contributed by atoms with E-state index in [4.69, 9.17) is 0 Å². The van der Waals surface area contributed by atoms with Gasteiger partial charge in [0, 0.05) is 12.6 Å². The van der Waals surface area contributed by atoms with Gasteiger partial charge in [-0.2, -0.15) is 4.39 Å². The molecule has 1 saturated heterocycles. The summed E-state index contributed by atoms with van der Waals surface area (Å²) < 4.78 is 38.5. The average molecular weight is 303 g/mol. The number of carbonyl (C=O) groups is 1. The van der Waals surface area contributed by atoms with E-state index in [1.54, 1.807) is 0 Å². The van der Waals surface area contributed by atoms with Gasteiger partial charge in [-0.3, -0.25) is 10.1 Å². The highest BCUT2D eigenvalue weighted by Crippen LogP contribution is 2.28. The van der Waals surface area contributed by atoms with Gasteiger partial charge in [0.05, 0.1) is 16.4 Å². The summed E-state index contributed by atoms with van der Waals surface area (Å²) in [5.74, 6) is -1.13. The second-order valence-electron chi connectivity index (χ2n) is 4.14. The summed E-state index contributed by atoms with van der Waals surface area (Å²) in [6.45, 7) is 1.37. The summed E-state index contributed by atoms with van der Waals surface area (Å²) in [7, 11) is -4.24. The van der Waals surface area contributed by atoms with Crippen molar-refractivity contribution in [3.05, 3.63) is 33.6 Å². The van der Waals surface area contributed by atoms with E-state index in [0.29, 0.717) is 10.4 Å². The Hall–Kier alpha value is -2.23. The summed E-state index contributed by atoms with van der Waals surface area (Å²) in [5.41, 5.74) is -0.957. The van der Waals surface area contributed by atoms with Crippen molar-refractivity contribution in [2.24, 2.45) is 0 Å². The van der Waals surface area contributed by atoms with Crippen molar-refractivity contribution in [2.75, 3.05) is 13.1 Å². The van der Waals surface area contributed by atoms with Crippen LogP contribution in [-0.2, 0) is 10.0 Å². The number of rotatable bonds is 3. The van der Waals surface area contributed by atoms with Crippen LogP contribution < -0.4 is 5.32 Å². The lowest BCUT2D eigenvalue weighted by Gasteiger charge is -2.16. The van der Waals surface area contributed by atoms with Crippen LogP contribution in [0.3, 0.4) is 0 Å². The Morgan fingerprint density at radius 2 is 2.10 bits per heavy atom. The summed E-state index contributed by atoms with van der Waals surface area (Å²) in [4.78, 5) is 20.6. The molecular weight excluding hydrogens is 293 g/mol. The summed E-state index contributed by atoms with van der Waals surface area (Å²) in [6, 6.07) is 0.585. The van der Waals surface area contributed by atoms with E-state index < -0.39 is 37.4 Å². The maximum Gasteiger partial charge on any atom is 0.331 e. The van der Waals surface area contributed by atoms with Gasteiger partial charge in [0.15, 0.2) is 0 Å². The second kappa shape index (κ2) is 4.71. The molecule has 10 heteroatoms. The number of amides is 2. The van der Waals surface area contributed by atoms with Gasteiger partial charge >= 0.3 is 11.7 Å². The summed E-state index contributed by atoms with van der Waals surface area (Å²) in [6.07, 6.45) is 0. The van der Waals surface area contributed by atoms with E-state index in [-0.39, 0.29) is 18.7 Å². The highest BCUT2D eigenvalue weighted by Gasteiger charge is 2.35. The first-order valence-corrected chi connectivity index (χ1v) is 6.94. The van der Waals surface area contributed by atoms with Crippen LogP contribution >= 0.6 is 0 Å². The minimum Gasteiger partial charge on any atom is -0.335 e. The Morgan fingerprint density at radius 1 is 1.45 bits per heavy atom. The first kappa shape index (κ1) is 14.2. The van der Waals surface area contributed by atoms with E-state index in [0.717, 1.165) is 6.07 Å². The van der Waals surface area contributed by atoms with Crippen molar-refractivity contribution in [1.29, 1.82) is 0 Å². The molecule has 1 aromatic rings. The van der Waals surface area contributed by atoms with E-state index in [1.807, 2.05) is 0 Å². The largest absolute Gasteiger partial charge is 0.335 e. The molecule has 0 atom stereocenters. The molecule has 0 unspecified atom stereocenters. The first-order chi connectivity index (χ1) is 9.25. The molecule has 1 aliphatic heterocycles. The fourth-order valence-corrected chi connectivity index (χ4v) is 3.44. The molecule has 20 heavy (non-hydrogen) atoms. The van der Waals surface area contributed by atoms with Gasteiger partial charge in [0.2, 0.25) is 5.82 Å². The molecule has 1 fully saturated rings. The Bertz CT molecular complexity index is 703. The van der Waals surface area contributed by atoms with Crippen molar-refractivity contribution in [3.63, 3.8) is 0 Å². The topological polar surface area (TPSA) is 110 Å². The third-order valence-corrected chi connectivity index (χ3v) is 4.75. The molecule has 2 amide bonds. The van der Waals surface area contributed by atoms with Gasteiger partial charge in [-0.25, -0.2) is 17.5 Å². The lowest BCUT2D eigenvalue weighted by Crippen LogP contribution is -2.34. The van der Waals surface area contributed by atoms with Gasteiger partial charge in [0.25, 0.3) is 10.0 Å². The molecule has 0 aromatic heterocycles. The number of carbonyl (C=O) groups excluding carboxylic acids is 1. The number of benzene rings is 1. The smallest absolute Gasteiger partial charge is 0.331 e. The van der Waals surface area contributed by atoms with E-state index in [1.165, 1.54) is 6.92 Å². The fraction of sp³-hybridized carbons (Fsp3) is 0.300. The van der Waals surface area contributed by atoms with Gasteiger partial charge < -0.3 is 5.32 Å². The number of urea groups is 1. The van der Waals surface area contributed by atoms with Crippen LogP contribution in [-0.4, -0.2) is 36.8 Å². The quantitative estimate of drug-likeness (QED) is 0.654. The molecule has 8 nitrogen and oxygen atoms in total. The number of nitro benzene ring substituents is 1. The standard InChI is InChI=1S/C10H10FN3O5S/c1-6-4-7(11)8(14(16)17)5-9(6)20(18,19)13-3-2-12-10(13)15/h4-5H,2-3H2,1H3,(H,12,15). The number of hydrogen-bond acceptors (Lipinski definition) is 5. The fourth-order valence-electron chi connectivity index (χ4n) is 1.86. The van der Waals surface area contributed by atoms with Crippen LogP contribution in [0.2, 0.25) is 0 Å². The molecule has 108 valence electrons.